The third kappa shape index (κ3) is 5.58. The van der Waals surface area contributed by atoms with Crippen molar-refractivity contribution >= 4 is 45.3 Å². The summed E-state index contributed by atoms with van der Waals surface area (Å²) in [6.45, 7) is 6.56. The van der Waals surface area contributed by atoms with Crippen LogP contribution in [-0.2, 0) is 17.6 Å². The van der Waals surface area contributed by atoms with Crippen LogP contribution in [0.3, 0.4) is 0 Å². The highest BCUT2D eigenvalue weighted by Crippen LogP contribution is 2.37. The number of ether oxygens (including phenoxy) is 1. The second kappa shape index (κ2) is 10.2. The fourth-order valence-electron chi connectivity index (χ4n) is 3.64. The molecule has 0 aliphatic heterocycles. The number of hydrogen-bond donors (Lipinski definition) is 2. The highest BCUT2D eigenvalue weighted by atomic mass is 32.1. The van der Waals surface area contributed by atoms with Crippen molar-refractivity contribution in [1.29, 1.82) is 0 Å². The Labute approximate surface area is 183 Å². The van der Waals surface area contributed by atoms with Gasteiger partial charge in [0.25, 0.3) is 0 Å². The van der Waals surface area contributed by atoms with Gasteiger partial charge < -0.3 is 15.4 Å². The summed E-state index contributed by atoms with van der Waals surface area (Å²) in [5, 5.41) is 7.79. The van der Waals surface area contributed by atoms with E-state index in [1.54, 1.807) is 11.3 Å². The Morgan fingerprint density at radius 2 is 1.79 bits per heavy atom. The first-order valence-corrected chi connectivity index (χ1v) is 11.7. The van der Waals surface area contributed by atoms with Gasteiger partial charge in [-0.25, -0.2) is 4.79 Å². The van der Waals surface area contributed by atoms with E-state index in [0.717, 1.165) is 35.5 Å². The van der Waals surface area contributed by atoms with Gasteiger partial charge in [-0.1, -0.05) is 38.8 Å². The summed E-state index contributed by atoms with van der Waals surface area (Å²) >= 11 is 7.18. The van der Waals surface area contributed by atoms with E-state index in [0.29, 0.717) is 23.2 Å². The summed E-state index contributed by atoms with van der Waals surface area (Å²) in [7, 11) is 0. The topological polar surface area (TPSA) is 50.4 Å². The lowest BCUT2D eigenvalue weighted by Gasteiger charge is -2.13. The number of carbonyl (C=O) groups is 1. The molecule has 1 aromatic heterocycles. The summed E-state index contributed by atoms with van der Waals surface area (Å²) in [5.41, 5.74) is 4.05. The van der Waals surface area contributed by atoms with Gasteiger partial charge in [-0.15, -0.1) is 11.3 Å². The van der Waals surface area contributed by atoms with Gasteiger partial charge in [0.1, 0.15) is 5.00 Å². The van der Waals surface area contributed by atoms with Crippen molar-refractivity contribution in [3.63, 3.8) is 0 Å². The van der Waals surface area contributed by atoms with E-state index in [1.165, 1.54) is 29.7 Å². The molecule has 3 rings (SSSR count). The van der Waals surface area contributed by atoms with Gasteiger partial charge in [0, 0.05) is 10.6 Å². The maximum absolute atomic E-state index is 12.7. The number of anilines is 2. The third-order valence-corrected chi connectivity index (χ3v) is 6.62. The molecule has 6 heteroatoms. The van der Waals surface area contributed by atoms with E-state index >= 15 is 0 Å². The van der Waals surface area contributed by atoms with Crippen molar-refractivity contribution in [2.75, 3.05) is 17.2 Å². The molecule has 1 heterocycles. The van der Waals surface area contributed by atoms with Gasteiger partial charge in [0.05, 0.1) is 12.2 Å². The lowest BCUT2D eigenvalue weighted by atomic mass is 9.96. The minimum absolute atomic E-state index is 0.253. The highest BCUT2D eigenvalue weighted by Gasteiger charge is 2.25. The Kier molecular flexibility index (Phi) is 7.67. The van der Waals surface area contributed by atoms with Crippen LogP contribution in [0, 0.1) is 0 Å². The number of thiophene rings is 1. The predicted molar refractivity (Wildman–Crippen MR) is 127 cm³/mol. The number of fused-ring (bicyclic) bond motifs is 1. The van der Waals surface area contributed by atoms with E-state index in [2.05, 4.69) is 36.6 Å². The molecule has 0 saturated heterocycles. The van der Waals surface area contributed by atoms with E-state index < -0.39 is 0 Å². The summed E-state index contributed by atoms with van der Waals surface area (Å²) < 4.78 is 5.36. The minimum Gasteiger partial charge on any atom is -0.462 e. The monoisotopic (exact) mass is 430 g/mol. The molecule has 0 fully saturated rings. The van der Waals surface area contributed by atoms with Crippen LogP contribution in [-0.4, -0.2) is 17.7 Å². The Morgan fingerprint density at radius 1 is 1.10 bits per heavy atom. The van der Waals surface area contributed by atoms with Crippen molar-refractivity contribution in [1.82, 2.24) is 0 Å². The summed E-state index contributed by atoms with van der Waals surface area (Å²) in [6, 6.07) is 8.28. The number of hydrogen-bond acceptors (Lipinski definition) is 4. The Morgan fingerprint density at radius 3 is 2.45 bits per heavy atom. The minimum atomic E-state index is -0.253. The van der Waals surface area contributed by atoms with Crippen LogP contribution in [0.25, 0.3) is 0 Å². The van der Waals surface area contributed by atoms with Crippen molar-refractivity contribution in [2.45, 2.75) is 65.2 Å². The largest absolute Gasteiger partial charge is 0.462 e. The first-order chi connectivity index (χ1) is 14.0. The summed E-state index contributed by atoms with van der Waals surface area (Å²) in [5.74, 6) is 0.240. The molecule has 0 bridgehead atoms. The molecule has 2 N–H and O–H groups in total. The molecule has 4 nitrogen and oxygen atoms in total. The van der Waals surface area contributed by atoms with Crippen LogP contribution in [0.15, 0.2) is 24.3 Å². The zero-order valence-electron chi connectivity index (χ0n) is 17.5. The van der Waals surface area contributed by atoms with Gasteiger partial charge >= 0.3 is 5.97 Å². The standard InChI is InChI=1S/C23H30N2O2S2/c1-4-27-22(26)20-18-9-7-5-6-8-10-19(18)29-21(20)25-23(28)24-17-13-11-16(12-14-17)15(2)3/h11-15H,4-10H2,1-3H3,(H2,24,25,28). The lowest BCUT2D eigenvalue weighted by molar-refractivity contribution is 0.0526. The molecule has 1 aliphatic rings. The van der Waals surface area contributed by atoms with Crippen LogP contribution >= 0.6 is 23.6 Å². The van der Waals surface area contributed by atoms with E-state index in [9.17, 15) is 4.79 Å². The van der Waals surface area contributed by atoms with Crippen molar-refractivity contribution in [3.05, 3.63) is 45.8 Å². The van der Waals surface area contributed by atoms with Gasteiger partial charge in [-0.3, -0.25) is 0 Å². The fourth-order valence-corrected chi connectivity index (χ4v) is 5.21. The van der Waals surface area contributed by atoms with Crippen LogP contribution in [0.2, 0.25) is 0 Å². The van der Waals surface area contributed by atoms with Crippen LogP contribution in [0.1, 0.15) is 78.7 Å². The number of rotatable bonds is 5. The Bertz CT molecular complexity index is 857. The highest BCUT2D eigenvalue weighted by molar-refractivity contribution is 7.80. The van der Waals surface area contributed by atoms with Crippen LogP contribution in [0.5, 0.6) is 0 Å². The zero-order chi connectivity index (χ0) is 20.8. The number of nitrogens with one attached hydrogen (secondary N) is 2. The Hall–Kier alpha value is -1.92. The molecule has 0 amide bonds. The van der Waals surface area contributed by atoms with Crippen molar-refractivity contribution in [3.8, 4) is 0 Å². The smallest absolute Gasteiger partial charge is 0.341 e. The zero-order valence-corrected chi connectivity index (χ0v) is 19.1. The van der Waals surface area contributed by atoms with E-state index in [1.807, 2.05) is 19.1 Å². The lowest BCUT2D eigenvalue weighted by Crippen LogP contribution is -2.20. The van der Waals surface area contributed by atoms with Crippen molar-refractivity contribution in [2.24, 2.45) is 0 Å². The number of aryl methyl sites for hydroxylation is 1. The predicted octanol–water partition coefficient (Wildman–Crippen LogP) is 6.52. The van der Waals surface area contributed by atoms with Gasteiger partial charge in [0.15, 0.2) is 5.11 Å². The summed E-state index contributed by atoms with van der Waals surface area (Å²) in [4.78, 5) is 14.0. The van der Waals surface area contributed by atoms with Crippen LogP contribution in [0.4, 0.5) is 10.7 Å². The number of thiocarbonyl (C=S) groups is 1. The molecule has 156 valence electrons. The second-order valence-corrected chi connectivity index (χ2v) is 9.21. The second-order valence-electron chi connectivity index (χ2n) is 7.70. The van der Waals surface area contributed by atoms with E-state index in [4.69, 9.17) is 17.0 Å². The fraction of sp³-hybridized carbons (Fsp3) is 0.478. The number of benzene rings is 1. The molecular weight excluding hydrogens is 400 g/mol. The van der Waals surface area contributed by atoms with Crippen molar-refractivity contribution < 1.29 is 9.53 Å². The number of esters is 1. The molecule has 2 aromatic rings. The molecule has 29 heavy (non-hydrogen) atoms. The van der Waals surface area contributed by atoms with Crippen LogP contribution < -0.4 is 10.6 Å². The molecule has 1 aliphatic carbocycles. The Balaban J connectivity index is 1.80. The molecule has 1 aromatic carbocycles. The van der Waals surface area contributed by atoms with E-state index in [-0.39, 0.29) is 5.97 Å². The van der Waals surface area contributed by atoms with Gasteiger partial charge in [-0.05, 0) is 74.0 Å². The molecule has 0 spiro atoms. The molecule has 0 saturated carbocycles. The molecule has 0 unspecified atom stereocenters. The maximum atomic E-state index is 12.7. The SMILES string of the molecule is CCOC(=O)c1c(NC(=S)Nc2ccc(C(C)C)cc2)sc2c1CCCCCC2. The molecule has 0 atom stereocenters. The third-order valence-electron chi connectivity index (χ3n) is 5.21. The quantitative estimate of drug-likeness (QED) is 0.418. The normalized spacial score (nSPS) is 13.9. The molecular formula is C23H30N2O2S2. The first kappa shape index (κ1) is 21.8. The average molecular weight is 431 g/mol. The maximum Gasteiger partial charge on any atom is 0.341 e. The number of carbonyl (C=O) groups excluding carboxylic acids is 1. The molecule has 0 radical (unpaired) electrons. The average Bonchev–Trinajstić information content (AvgIpc) is 2.98. The first-order valence-electron chi connectivity index (χ1n) is 10.5. The van der Waals surface area contributed by atoms with Gasteiger partial charge in [0.2, 0.25) is 0 Å². The van der Waals surface area contributed by atoms with Gasteiger partial charge in [-0.2, -0.15) is 0 Å². The summed E-state index contributed by atoms with van der Waals surface area (Å²) in [6.07, 6.45) is 6.69.